The predicted molar refractivity (Wildman–Crippen MR) is 131 cm³/mol. The van der Waals surface area contributed by atoms with Crippen LogP contribution in [0.25, 0.3) is 11.7 Å². The van der Waals surface area contributed by atoms with Gasteiger partial charge >= 0.3 is 6.18 Å². The number of pyridine rings is 1. The van der Waals surface area contributed by atoms with Gasteiger partial charge < -0.3 is 10.1 Å². The van der Waals surface area contributed by atoms with Crippen LogP contribution in [-0.4, -0.2) is 15.3 Å². The van der Waals surface area contributed by atoms with Crippen molar-refractivity contribution in [1.29, 1.82) is 5.26 Å². The maximum atomic E-state index is 13.3. The van der Waals surface area contributed by atoms with Crippen LogP contribution in [0.15, 0.2) is 77.2 Å². The number of nitrogens with one attached hydrogen (secondary N) is 1. The standard InChI is InChI=1S/C26H16ClF3N4O3/c1-15-11-19(8-9-21(15)27)37-24-20(25(36)34-10-3-2-7-22(34)33-24)12-16(14-31)23(35)32-18-6-4-5-17(13-18)26(28,29)30/h2-13H,1H3,(H,32,35)/b16-12-. The number of nitriles is 1. The molecule has 1 N–H and O–H groups in total. The van der Waals surface area contributed by atoms with E-state index in [1.165, 1.54) is 16.7 Å². The van der Waals surface area contributed by atoms with E-state index in [2.05, 4.69) is 10.3 Å². The summed E-state index contributed by atoms with van der Waals surface area (Å²) in [6.07, 6.45) is -2.19. The van der Waals surface area contributed by atoms with E-state index in [1.54, 1.807) is 49.4 Å². The molecule has 7 nitrogen and oxygen atoms in total. The molecule has 2 aromatic heterocycles. The third-order valence-corrected chi connectivity index (χ3v) is 5.60. The minimum atomic E-state index is -4.62. The lowest BCUT2D eigenvalue weighted by atomic mass is 10.1. The molecule has 0 aliphatic heterocycles. The number of halogens is 4. The summed E-state index contributed by atoms with van der Waals surface area (Å²) in [6.45, 7) is 1.75. The highest BCUT2D eigenvalue weighted by Crippen LogP contribution is 2.31. The quantitative estimate of drug-likeness (QED) is 0.255. The Morgan fingerprint density at radius 2 is 1.95 bits per heavy atom. The highest BCUT2D eigenvalue weighted by Gasteiger charge is 2.30. The van der Waals surface area contributed by atoms with Crippen molar-refractivity contribution in [3.05, 3.63) is 105 Å². The number of rotatable bonds is 5. The monoisotopic (exact) mass is 524 g/mol. The van der Waals surface area contributed by atoms with Crippen LogP contribution in [-0.2, 0) is 11.0 Å². The largest absolute Gasteiger partial charge is 0.438 e. The van der Waals surface area contributed by atoms with Gasteiger partial charge in [-0.2, -0.15) is 23.4 Å². The van der Waals surface area contributed by atoms with E-state index in [1.807, 2.05) is 0 Å². The van der Waals surface area contributed by atoms with Crippen molar-refractivity contribution >= 4 is 34.9 Å². The molecule has 1 amide bonds. The number of amides is 1. The Balaban J connectivity index is 1.77. The molecule has 37 heavy (non-hydrogen) atoms. The Kier molecular flexibility index (Phi) is 7.00. The van der Waals surface area contributed by atoms with E-state index >= 15 is 0 Å². The van der Waals surface area contributed by atoms with Gasteiger partial charge in [0.05, 0.1) is 5.56 Å². The van der Waals surface area contributed by atoms with Crippen LogP contribution in [0.3, 0.4) is 0 Å². The first kappa shape index (κ1) is 25.5. The lowest BCUT2D eigenvalue weighted by molar-refractivity contribution is -0.137. The van der Waals surface area contributed by atoms with Crippen molar-refractivity contribution in [1.82, 2.24) is 9.38 Å². The molecule has 186 valence electrons. The van der Waals surface area contributed by atoms with Gasteiger partial charge in [-0.15, -0.1) is 0 Å². The smallest absolute Gasteiger partial charge is 0.416 e. The van der Waals surface area contributed by atoms with E-state index in [4.69, 9.17) is 16.3 Å². The number of carbonyl (C=O) groups is 1. The van der Waals surface area contributed by atoms with Crippen molar-refractivity contribution in [2.45, 2.75) is 13.1 Å². The highest BCUT2D eigenvalue weighted by atomic mass is 35.5. The minimum Gasteiger partial charge on any atom is -0.438 e. The number of ether oxygens (including phenoxy) is 1. The lowest BCUT2D eigenvalue weighted by Gasteiger charge is -2.12. The molecular formula is C26H16ClF3N4O3. The number of anilines is 1. The second-order valence-corrected chi connectivity index (χ2v) is 8.19. The van der Waals surface area contributed by atoms with Crippen LogP contribution in [0.2, 0.25) is 5.02 Å². The fourth-order valence-corrected chi connectivity index (χ4v) is 3.46. The number of benzene rings is 2. The van der Waals surface area contributed by atoms with Crippen LogP contribution in [0.1, 0.15) is 16.7 Å². The number of alkyl halides is 3. The van der Waals surface area contributed by atoms with Gasteiger partial charge in [-0.05, 0) is 67.1 Å². The van der Waals surface area contributed by atoms with Gasteiger partial charge in [0.25, 0.3) is 11.5 Å². The molecule has 0 spiro atoms. The molecule has 0 radical (unpaired) electrons. The summed E-state index contributed by atoms with van der Waals surface area (Å²) in [5.74, 6) is -0.902. The highest BCUT2D eigenvalue weighted by molar-refractivity contribution is 6.31. The van der Waals surface area contributed by atoms with Crippen LogP contribution in [0.5, 0.6) is 11.6 Å². The molecule has 2 aromatic carbocycles. The topological polar surface area (TPSA) is 96.5 Å². The number of aromatic nitrogens is 2. The van der Waals surface area contributed by atoms with Gasteiger partial charge in [0.1, 0.15) is 28.6 Å². The molecule has 0 saturated carbocycles. The predicted octanol–water partition coefficient (Wildman–Crippen LogP) is 6.01. The van der Waals surface area contributed by atoms with E-state index in [-0.39, 0.29) is 22.8 Å². The third-order valence-electron chi connectivity index (χ3n) is 5.18. The van der Waals surface area contributed by atoms with Crippen molar-refractivity contribution in [2.75, 3.05) is 5.32 Å². The molecule has 0 aliphatic rings. The normalized spacial score (nSPS) is 11.7. The van der Waals surface area contributed by atoms with E-state index in [0.29, 0.717) is 16.3 Å². The van der Waals surface area contributed by atoms with Crippen LogP contribution in [0, 0.1) is 18.3 Å². The van der Waals surface area contributed by atoms with Crippen LogP contribution >= 0.6 is 11.6 Å². The zero-order valence-electron chi connectivity index (χ0n) is 19.0. The first-order valence-electron chi connectivity index (χ1n) is 10.6. The lowest BCUT2D eigenvalue weighted by Crippen LogP contribution is -2.20. The molecule has 0 saturated heterocycles. The number of nitrogens with zero attached hydrogens (tertiary/aromatic N) is 3. The molecule has 0 unspecified atom stereocenters. The summed E-state index contributed by atoms with van der Waals surface area (Å²) in [4.78, 5) is 30.4. The molecule has 2 heterocycles. The average molecular weight is 525 g/mol. The first-order valence-corrected chi connectivity index (χ1v) is 11.0. The third kappa shape index (κ3) is 5.63. The summed E-state index contributed by atoms with van der Waals surface area (Å²) >= 11 is 6.07. The van der Waals surface area contributed by atoms with Gasteiger partial charge in [-0.3, -0.25) is 14.0 Å². The van der Waals surface area contributed by atoms with Crippen molar-refractivity contribution in [3.63, 3.8) is 0 Å². The zero-order valence-corrected chi connectivity index (χ0v) is 19.8. The number of aryl methyl sites for hydroxylation is 1. The Morgan fingerprint density at radius 3 is 2.65 bits per heavy atom. The van der Waals surface area contributed by atoms with Gasteiger partial charge in [0.15, 0.2) is 0 Å². The Morgan fingerprint density at radius 1 is 1.16 bits per heavy atom. The van der Waals surface area contributed by atoms with Gasteiger partial charge in [-0.25, -0.2) is 0 Å². The second-order valence-electron chi connectivity index (χ2n) is 7.78. The summed E-state index contributed by atoms with van der Waals surface area (Å²) in [5, 5.41) is 12.4. The number of fused-ring (bicyclic) bond motifs is 1. The zero-order chi connectivity index (χ0) is 26.7. The minimum absolute atomic E-state index is 0.178. The molecule has 4 rings (SSSR count). The molecular weight excluding hydrogens is 509 g/mol. The van der Waals surface area contributed by atoms with Crippen LogP contribution < -0.4 is 15.6 Å². The molecule has 0 fully saturated rings. The average Bonchev–Trinajstić information content (AvgIpc) is 2.86. The molecule has 0 aliphatic carbocycles. The second kappa shape index (κ2) is 10.2. The summed E-state index contributed by atoms with van der Waals surface area (Å²) in [5.41, 5.74) is -1.60. The van der Waals surface area contributed by atoms with Crippen LogP contribution in [0.4, 0.5) is 18.9 Å². The number of carbonyl (C=O) groups excluding carboxylic acids is 1. The summed E-state index contributed by atoms with van der Waals surface area (Å²) < 4.78 is 46.1. The van der Waals surface area contributed by atoms with Crippen molar-refractivity contribution < 1.29 is 22.7 Å². The Labute approximate surface area is 213 Å². The molecule has 0 bridgehead atoms. The molecule has 11 heteroatoms. The fourth-order valence-electron chi connectivity index (χ4n) is 3.34. The Hall–Kier alpha value is -4.62. The van der Waals surface area contributed by atoms with E-state index in [9.17, 15) is 28.0 Å². The maximum absolute atomic E-state index is 13.3. The summed E-state index contributed by atoms with van der Waals surface area (Å²) in [6, 6.07) is 15.2. The van der Waals surface area contributed by atoms with E-state index < -0.39 is 28.8 Å². The number of hydrogen-bond donors (Lipinski definition) is 1. The molecule has 0 atom stereocenters. The SMILES string of the molecule is Cc1cc(Oc2nc3ccccn3c(=O)c2/C=C(/C#N)C(=O)Nc2cccc(C(F)(F)F)c2)ccc1Cl. The van der Waals surface area contributed by atoms with Gasteiger partial charge in [-0.1, -0.05) is 23.7 Å². The first-order chi connectivity index (χ1) is 17.6. The summed E-state index contributed by atoms with van der Waals surface area (Å²) in [7, 11) is 0. The maximum Gasteiger partial charge on any atom is 0.416 e. The van der Waals surface area contributed by atoms with Crippen molar-refractivity contribution in [2.24, 2.45) is 0 Å². The van der Waals surface area contributed by atoms with Gasteiger partial charge in [0.2, 0.25) is 5.88 Å². The Bertz CT molecular complexity index is 1660. The van der Waals surface area contributed by atoms with Crippen molar-refractivity contribution in [3.8, 4) is 17.7 Å². The molecule has 4 aromatic rings. The van der Waals surface area contributed by atoms with Gasteiger partial charge in [0, 0.05) is 16.9 Å². The fraction of sp³-hybridized carbons (Fsp3) is 0.0769. The number of hydrogen-bond acceptors (Lipinski definition) is 5. The van der Waals surface area contributed by atoms with E-state index in [0.717, 1.165) is 24.3 Å².